The summed E-state index contributed by atoms with van der Waals surface area (Å²) in [7, 11) is -3.29. The van der Waals surface area contributed by atoms with Gasteiger partial charge in [-0.2, -0.15) is 0 Å². The molecule has 29 heavy (non-hydrogen) atoms. The highest BCUT2D eigenvalue weighted by Crippen LogP contribution is 2.38. The summed E-state index contributed by atoms with van der Waals surface area (Å²) >= 11 is 0. The minimum Gasteiger partial charge on any atom is -0.458 e. The molecule has 1 fully saturated rings. The molecule has 0 spiro atoms. The van der Waals surface area contributed by atoms with Gasteiger partial charge in [0.2, 0.25) is 0 Å². The van der Waals surface area contributed by atoms with E-state index in [1.165, 1.54) is 40.6 Å². The molecule has 0 N–H and O–H groups in total. The highest BCUT2D eigenvalue weighted by molar-refractivity contribution is 7.90. The predicted octanol–water partition coefficient (Wildman–Crippen LogP) is 5.13. The molecule has 0 radical (unpaired) electrons. The van der Waals surface area contributed by atoms with Gasteiger partial charge < -0.3 is 4.74 Å². The standard InChI is InChI=1S/C24H24O4S/c1-29(26,27)19-15-13-18(14-16-19)24(25)28-23-12-5-4-10-22(23)21-11-6-8-17-7-2-3-9-20(17)21/h2-3,6-9,11,13-16,22-23H,4-5,10,12H2,1H3/t22-,23-/m1/s1. The fourth-order valence-corrected chi connectivity index (χ4v) is 4.84. The van der Waals surface area contributed by atoms with Crippen LogP contribution in [-0.4, -0.2) is 26.7 Å². The molecule has 0 aliphatic heterocycles. The average Bonchev–Trinajstić information content (AvgIpc) is 2.73. The van der Waals surface area contributed by atoms with Crippen LogP contribution in [0.2, 0.25) is 0 Å². The van der Waals surface area contributed by atoms with E-state index in [2.05, 4.69) is 30.3 Å². The molecule has 3 aromatic carbocycles. The maximum absolute atomic E-state index is 12.7. The van der Waals surface area contributed by atoms with Gasteiger partial charge >= 0.3 is 5.97 Å². The number of rotatable bonds is 4. The molecule has 4 rings (SSSR count). The number of fused-ring (bicyclic) bond motifs is 1. The summed E-state index contributed by atoms with van der Waals surface area (Å²) in [6.07, 6.45) is 4.94. The van der Waals surface area contributed by atoms with Crippen molar-refractivity contribution in [2.45, 2.75) is 42.6 Å². The summed E-state index contributed by atoms with van der Waals surface area (Å²) in [5.74, 6) is -0.240. The maximum atomic E-state index is 12.7. The van der Waals surface area contributed by atoms with Gasteiger partial charge in [-0.25, -0.2) is 13.2 Å². The molecule has 5 heteroatoms. The van der Waals surface area contributed by atoms with Crippen LogP contribution in [0.5, 0.6) is 0 Å². The van der Waals surface area contributed by atoms with E-state index in [-0.39, 0.29) is 16.9 Å². The van der Waals surface area contributed by atoms with Crippen LogP contribution in [0.1, 0.15) is 47.5 Å². The average molecular weight is 409 g/mol. The Bertz CT molecular complexity index is 1130. The van der Waals surface area contributed by atoms with E-state index in [1.807, 2.05) is 12.1 Å². The van der Waals surface area contributed by atoms with Crippen molar-refractivity contribution in [1.82, 2.24) is 0 Å². The van der Waals surface area contributed by atoms with Crippen molar-refractivity contribution in [2.24, 2.45) is 0 Å². The summed E-state index contributed by atoms with van der Waals surface area (Å²) in [6, 6.07) is 20.6. The summed E-state index contributed by atoms with van der Waals surface area (Å²) in [5.41, 5.74) is 1.60. The highest BCUT2D eigenvalue weighted by atomic mass is 32.2. The molecule has 0 bridgehead atoms. The number of carbonyl (C=O) groups excluding carboxylic acids is 1. The number of benzene rings is 3. The lowest BCUT2D eigenvalue weighted by molar-refractivity contribution is 0.0143. The van der Waals surface area contributed by atoms with Crippen LogP contribution in [0, 0.1) is 0 Å². The second-order valence-electron chi connectivity index (χ2n) is 7.70. The van der Waals surface area contributed by atoms with Crippen LogP contribution < -0.4 is 0 Å². The molecule has 0 aromatic heterocycles. The van der Waals surface area contributed by atoms with Gasteiger partial charge in [-0.05, 0) is 59.9 Å². The van der Waals surface area contributed by atoms with E-state index in [1.54, 1.807) is 0 Å². The quantitative estimate of drug-likeness (QED) is 0.562. The number of esters is 1. The Labute approximate surface area is 171 Å². The minimum absolute atomic E-state index is 0.161. The third-order valence-electron chi connectivity index (χ3n) is 5.70. The normalized spacial score (nSPS) is 19.8. The second kappa shape index (κ2) is 7.99. The zero-order chi connectivity index (χ0) is 20.4. The van der Waals surface area contributed by atoms with Gasteiger partial charge in [0.1, 0.15) is 6.10 Å². The zero-order valence-electron chi connectivity index (χ0n) is 16.4. The Morgan fingerprint density at radius 3 is 2.34 bits per heavy atom. The fourth-order valence-electron chi connectivity index (χ4n) is 4.21. The summed E-state index contributed by atoms with van der Waals surface area (Å²) in [6.45, 7) is 0. The first-order valence-electron chi connectivity index (χ1n) is 9.92. The van der Waals surface area contributed by atoms with Crippen molar-refractivity contribution < 1.29 is 17.9 Å². The highest BCUT2D eigenvalue weighted by Gasteiger charge is 2.31. The van der Waals surface area contributed by atoms with Crippen molar-refractivity contribution in [1.29, 1.82) is 0 Å². The van der Waals surface area contributed by atoms with Crippen molar-refractivity contribution in [3.8, 4) is 0 Å². The van der Waals surface area contributed by atoms with Crippen molar-refractivity contribution in [3.63, 3.8) is 0 Å². The number of sulfone groups is 1. The van der Waals surface area contributed by atoms with Gasteiger partial charge in [-0.1, -0.05) is 48.9 Å². The molecule has 0 amide bonds. The number of hydrogen-bond donors (Lipinski definition) is 0. The predicted molar refractivity (Wildman–Crippen MR) is 114 cm³/mol. The molecule has 3 aromatic rings. The molecule has 0 heterocycles. The second-order valence-corrected chi connectivity index (χ2v) is 9.72. The third kappa shape index (κ3) is 4.20. The van der Waals surface area contributed by atoms with Crippen LogP contribution in [0.25, 0.3) is 10.8 Å². The minimum atomic E-state index is -3.29. The molecule has 4 nitrogen and oxygen atoms in total. The van der Waals surface area contributed by atoms with Crippen LogP contribution in [0.4, 0.5) is 0 Å². The molecule has 150 valence electrons. The Morgan fingerprint density at radius 1 is 0.897 bits per heavy atom. The molecule has 1 aliphatic rings. The van der Waals surface area contributed by atoms with Gasteiger partial charge in [-0.3, -0.25) is 0 Å². The third-order valence-corrected chi connectivity index (χ3v) is 6.83. The number of ether oxygens (including phenoxy) is 1. The monoisotopic (exact) mass is 408 g/mol. The van der Waals surface area contributed by atoms with Gasteiger partial charge in [0, 0.05) is 12.2 Å². The van der Waals surface area contributed by atoms with Gasteiger partial charge in [0.05, 0.1) is 10.5 Å². The molecule has 1 aliphatic carbocycles. The lowest BCUT2D eigenvalue weighted by Gasteiger charge is -2.32. The van der Waals surface area contributed by atoms with E-state index >= 15 is 0 Å². The zero-order valence-corrected chi connectivity index (χ0v) is 17.2. The van der Waals surface area contributed by atoms with Gasteiger partial charge in [0.15, 0.2) is 9.84 Å². The Morgan fingerprint density at radius 2 is 1.59 bits per heavy atom. The number of carbonyl (C=O) groups is 1. The fraction of sp³-hybridized carbons (Fsp3) is 0.292. The Balaban J connectivity index is 1.59. The van der Waals surface area contributed by atoms with E-state index in [9.17, 15) is 13.2 Å². The maximum Gasteiger partial charge on any atom is 0.338 e. The van der Waals surface area contributed by atoms with Crippen LogP contribution >= 0.6 is 0 Å². The first-order valence-corrected chi connectivity index (χ1v) is 11.8. The van der Waals surface area contributed by atoms with Crippen molar-refractivity contribution in [2.75, 3.05) is 6.26 Å². The molecular weight excluding hydrogens is 384 g/mol. The molecule has 2 atom stereocenters. The molecule has 0 saturated heterocycles. The van der Waals surface area contributed by atoms with Crippen molar-refractivity contribution in [3.05, 3.63) is 77.9 Å². The largest absolute Gasteiger partial charge is 0.458 e. The first-order chi connectivity index (χ1) is 13.9. The smallest absolute Gasteiger partial charge is 0.338 e. The summed E-state index contributed by atoms with van der Waals surface area (Å²) < 4.78 is 29.2. The topological polar surface area (TPSA) is 60.4 Å². The van der Waals surface area contributed by atoms with Crippen LogP contribution in [-0.2, 0) is 14.6 Å². The van der Waals surface area contributed by atoms with Crippen molar-refractivity contribution >= 4 is 26.6 Å². The van der Waals surface area contributed by atoms with Gasteiger partial charge in [0.25, 0.3) is 0 Å². The molecule has 0 unspecified atom stereocenters. The Kier molecular flexibility index (Phi) is 5.41. The van der Waals surface area contributed by atoms with Crippen LogP contribution in [0.3, 0.4) is 0 Å². The van der Waals surface area contributed by atoms with Gasteiger partial charge in [-0.15, -0.1) is 0 Å². The van der Waals surface area contributed by atoms with E-state index in [0.717, 1.165) is 31.9 Å². The Hall–Kier alpha value is -2.66. The lowest BCUT2D eigenvalue weighted by Crippen LogP contribution is -2.29. The summed E-state index contributed by atoms with van der Waals surface area (Å²) in [5, 5.41) is 2.40. The SMILES string of the molecule is CS(=O)(=O)c1ccc(C(=O)O[C@@H]2CCCC[C@@H]2c2cccc3ccccc23)cc1. The van der Waals surface area contributed by atoms with Crippen LogP contribution in [0.15, 0.2) is 71.6 Å². The first kappa shape index (κ1) is 19.6. The number of hydrogen-bond acceptors (Lipinski definition) is 4. The van der Waals surface area contributed by atoms with E-state index in [4.69, 9.17) is 4.74 Å². The molecular formula is C24H24O4S. The molecule has 1 saturated carbocycles. The van der Waals surface area contributed by atoms with E-state index in [0.29, 0.717) is 5.56 Å². The van der Waals surface area contributed by atoms with E-state index < -0.39 is 15.8 Å². The lowest BCUT2D eigenvalue weighted by atomic mass is 9.80. The summed E-state index contributed by atoms with van der Waals surface area (Å²) in [4.78, 5) is 12.9.